The lowest BCUT2D eigenvalue weighted by molar-refractivity contribution is -0.122. The number of rotatable bonds is 4. The zero-order valence-electron chi connectivity index (χ0n) is 18.4. The highest BCUT2D eigenvalue weighted by atomic mass is 16.2. The van der Waals surface area contributed by atoms with Crippen molar-refractivity contribution in [3.8, 4) is 5.69 Å². The molecule has 0 radical (unpaired) electrons. The number of anilines is 1. The number of aromatic nitrogens is 2. The highest BCUT2D eigenvalue weighted by Crippen LogP contribution is 2.26. The Hall–Kier alpha value is -4.00. The van der Waals surface area contributed by atoms with E-state index in [0.29, 0.717) is 11.6 Å². The Morgan fingerprint density at radius 1 is 0.938 bits per heavy atom. The van der Waals surface area contributed by atoms with Crippen LogP contribution < -0.4 is 10.2 Å². The highest BCUT2D eigenvalue weighted by molar-refractivity contribution is 6.39. The predicted molar refractivity (Wildman–Crippen MR) is 123 cm³/mol. The molecular weight excluding hydrogens is 404 g/mol. The Labute approximate surface area is 186 Å². The van der Waals surface area contributed by atoms with Crippen molar-refractivity contribution < 1.29 is 14.4 Å². The van der Waals surface area contributed by atoms with Gasteiger partial charge in [-0.1, -0.05) is 26.0 Å². The van der Waals surface area contributed by atoms with Crippen molar-refractivity contribution in [2.24, 2.45) is 0 Å². The number of hydrogen-bond donors (Lipinski definition) is 1. The van der Waals surface area contributed by atoms with Crippen LogP contribution in [0.4, 0.5) is 10.5 Å². The molecule has 4 amide bonds. The van der Waals surface area contributed by atoms with Crippen LogP contribution in [0.25, 0.3) is 11.8 Å². The summed E-state index contributed by atoms with van der Waals surface area (Å²) in [6, 6.07) is 12.6. The van der Waals surface area contributed by atoms with Gasteiger partial charge in [-0.3, -0.25) is 19.9 Å². The van der Waals surface area contributed by atoms with Gasteiger partial charge >= 0.3 is 6.03 Å². The summed E-state index contributed by atoms with van der Waals surface area (Å²) in [6.07, 6.45) is 4.50. The lowest BCUT2D eigenvalue weighted by Gasteiger charge is -2.26. The smallest absolute Gasteiger partial charge is 0.318 e. The molecule has 1 saturated heterocycles. The predicted octanol–water partition coefficient (Wildman–Crippen LogP) is 4.28. The van der Waals surface area contributed by atoms with E-state index < -0.39 is 17.8 Å². The highest BCUT2D eigenvalue weighted by Gasteiger charge is 2.37. The van der Waals surface area contributed by atoms with Crippen LogP contribution in [0, 0.1) is 13.8 Å². The molecule has 3 heterocycles. The van der Waals surface area contributed by atoms with E-state index in [2.05, 4.69) is 53.0 Å². The van der Waals surface area contributed by atoms with Gasteiger partial charge < -0.3 is 4.57 Å². The van der Waals surface area contributed by atoms with Crippen molar-refractivity contribution in [2.75, 3.05) is 4.90 Å². The van der Waals surface area contributed by atoms with Crippen molar-refractivity contribution in [3.05, 3.63) is 82.9 Å². The second-order valence-electron chi connectivity index (χ2n) is 8.07. The lowest BCUT2D eigenvalue weighted by Crippen LogP contribution is -2.54. The molecule has 0 atom stereocenters. The first-order valence-corrected chi connectivity index (χ1v) is 10.4. The molecule has 0 aliphatic carbocycles. The van der Waals surface area contributed by atoms with Crippen LogP contribution in [0.1, 0.15) is 42.3 Å². The Balaban J connectivity index is 1.73. The number of amides is 4. The number of hydrogen-bond acceptors (Lipinski definition) is 4. The van der Waals surface area contributed by atoms with Crippen molar-refractivity contribution in [3.63, 3.8) is 0 Å². The van der Waals surface area contributed by atoms with Gasteiger partial charge in [0, 0.05) is 29.5 Å². The maximum absolute atomic E-state index is 13.1. The first-order valence-electron chi connectivity index (χ1n) is 10.4. The van der Waals surface area contributed by atoms with E-state index in [1.165, 1.54) is 30.1 Å². The molecular formula is C25H24N4O3. The monoisotopic (exact) mass is 428 g/mol. The molecule has 0 saturated carbocycles. The van der Waals surface area contributed by atoms with Gasteiger partial charge in [-0.15, -0.1) is 0 Å². The van der Waals surface area contributed by atoms with Gasteiger partial charge in [0.05, 0.1) is 5.69 Å². The van der Waals surface area contributed by atoms with E-state index in [1.54, 1.807) is 6.08 Å². The number of carbonyl (C=O) groups is 3. The number of aryl methyl sites for hydroxylation is 1. The molecule has 4 rings (SSSR count). The van der Waals surface area contributed by atoms with Gasteiger partial charge in [0.1, 0.15) is 5.57 Å². The summed E-state index contributed by atoms with van der Waals surface area (Å²) in [5, 5.41) is 2.25. The topological polar surface area (TPSA) is 84.3 Å². The Morgan fingerprint density at radius 3 is 2.22 bits per heavy atom. The van der Waals surface area contributed by atoms with E-state index in [9.17, 15) is 14.4 Å². The minimum absolute atomic E-state index is 0.100. The average Bonchev–Trinajstić information content (AvgIpc) is 3.04. The van der Waals surface area contributed by atoms with E-state index >= 15 is 0 Å². The van der Waals surface area contributed by atoms with E-state index in [-0.39, 0.29) is 5.57 Å². The summed E-state index contributed by atoms with van der Waals surface area (Å²) < 4.78 is 2.08. The van der Waals surface area contributed by atoms with Crippen LogP contribution in [0.2, 0.25) is 0 Å². The second-order valence-corrected chi connectivity index (χ2v) is 8.07. The van der Waals surface area contributed by atoms with Crippen LogP contribution in [0.3, 0.4) is 0 Å². The Morgan fingerprint density at radius 2 is 1.59 bits per heavy atom. The molecule has 1 N–H and O–H groups in total. The maximum atomic E-state index is 13.1. The van der Waals surface area contributed by atoms with Crippen molar-refractivity contribution in [1.82, 2.24) is 14.9 Å². The molecule has 2 aromatic heterocycles. The fourth-order valence-electron chi connectivity index (χ4n) is 3.88. The average molecular weight is 428 g/mol. The molecule has 0 unspecified atom stereocenters. The molecule has 162 valence electrons. The van der Waals surface area contributed by atoms with Gasteiger partial charge in [-0.25, -0.2) is 9.69 Å². The molecule has 32 heavy (non-hydrogen) atoms. The normalized spacial score (nSPS) is 15.6. The number of nitrogens with zero attached hydrogens (tertiary/aromatic N) is 3. The van der Waals surface area contributed by atoms with Gasteiger partial charge in [-0.2, -0.15) is 0 Å². The van der Waals surface area contributed by atoms with E-state index in [1.807, 2.05) is 19.9 Å². The molecule has 0 spiro atoms. The standard InChI is InChI=1S/C25H24N4O3/c1-15(2)18-5-7-20(8-6-18)28-16(3)13-19(17(28)4)14-22-23(30)27-25(32)29(24(22)31)21-9-11-26-12-10-21/h5-15H,1-4H3,(H,27,30,32)/b22-14+. The molecule has 1 aromatic carbocycles. The van der Waals surface area contributed by atoms with Gasteiger partial charge in [0.15, 0.2) is 0 Å². The number of nitrogens with one attached hydrogen (secondary N) is 1. The molecule has 1 aliphatic heterocycles. The first kappa shape index (κ1) is 21.2. The lowest BCUT2D eigenvalue weighted by atomic mass is 10.0. The number of imide groups is 2. The molecule has 1 fully saturated rings. The summed E-state index contributed by atoms with van der Waals surface area (Å²) in [5.74, 6) is -0.939. The van der Waals surface area contributed by atoms with Crippen molar-refractivity contribution in [2.45, 2.75) is 33.6 Å². The van der Waals surface area contributed by atoms with Gasteiger partial charge in [-0.05, 0) is 67.3 Å². The zero-order valence-corrected chi connectivity index (χ0v) is 18.4. The molecule has 7 nitrogen and oxygen atoms in total. The van der Waals surface area contributed by atoms with Crippen molar-refractivity contribution in [1.29, 1.82) is 0 Å². The van der Waals surface area contributed by atoms with Crippen LogP contribution >= 0.6 is 0 Å². The molecule has 7 heteroatoms. The third-order valence-corrected chi connectivity index (χ3v) is 5.61. The summed E-state index contributed by atoms with van der Waals surface area (Å²) >= 11 is 0. The minimum Gasteiger partial charge on any atom is -0.318 e. The summed E-state index contributed by atoms with van der Waals surface area (Å²) in [7, 11) is 0. The number of carbonyl (C=O) groups excluding carboxylic acids is 3. The van der Waals surface area contributed by atoms with Crippen LogP contribution in [0.5, 0.6) is 0 Å². The number of urea groups is 1. The number of barbiturate groups is 1. The summed E-state index contributed by atoms with van der Waals surface area (Å²) in [5.41, 5.74) is 5.09. The Kier molecular flexibility index (Phi) is 5.48. The van der Waals surface area contributed by atoms with Crippen molar-refractivity contribution >= 4 is 29.6 Å². The maximum Gasteiger partial charge on any atom is 0.335 e. The first-order chi connectivity index (χ1) is 15.3. The van der Waals surface area contributed by atoms with E-state index in [4.69, 9.17) is 0 Å². The molecule has 1 aliphatic rings. The fraction of sp³-hybridized carbons (Fsp3) is 0.200. The SMILES string of the molecule is Cc1cc(/C=C2\C(=O)NC(=O)N(c3ccncc3)C2=O)c(C)n1-c1ccc(C(C)C)cc1. The second kappa shape index (κ2) is 8.26. The molecule has 3 aromatic rings. The number of pyridine rings is 1. The third kappa shape index (κ3) is 3.73. The van der Waals surface area contributed by atoms with Crippen LogP contribution in [-0.4, -0.2) is 27.4 Å². The summed E-state index contributed by atoms with van der Waals surface area (Å²) in [4.78, 5) is 42.7. The van der Waals surface area contributed by atoms with Crippen LogP contribution in [0.15, 0.2) is 60.4 Å². The van der Waals surface area contributed by atoms with Gasteiger partial charge in [0.2, 0.25) is 0 Å². The molecule has 0 bridgehead atoms. The van der Waals surface area contributed by atoms with E-state index in [0.717, 1.165) is 27.5 Å². The fourth-order valence-corrected chi connectivity index (χ4v) is 3.88. The van der Waals surface area contributed by atoms with Gasteiger partial charge in [0.25, 0.3) is 11.8 Å². The summed E-state index contributed by atoms with van der Waals surface area (Å²) in [6.45, 7) is 8.21. The number of benzene rings is 1. The minimum atomic E-state index is -0.779. The van der Waals surface area contributed by atoms with Crippen LogP contribution in [-0.2, 0) is 9.59 Å². The third-order valence-electron chi connectivity index (χ3n) is 5.61. The zero-order chi connectivity index (χ0) is 23.0. The quantitative estimate of drug-likeness (QED) is 0.497. The Bertz CT molecular complexity index is 1240. The largest absolute Gasteiger partial charge is 0.335 e.